The van der Waals surface area contributed by atoms with Crippen LogP contribution in [0, 0.1) is 5.92 Å². The van der Waals surface area contributed by atoms with Crippen molar-refractivity contribution in [1.82, 2.24) is 34.6 Å². The molecule has 2 aliphatic heterocycles. The number of rotatable bonds is 11. The van der Waals surface area contributed by atoms with Gasteiger partial charge in [-0.05, 0) is 77.3 Å². The minimum absolute atomic E-state index is 0.0373. The van der Waals surface area contributed by atoms with E-state index < -0.39 is 34.9 Å². The largest absolute Gasteiger partial charge is 0.462 e. The lowest BCUT2D eigenvalue weighted by atomic mass is 9.99. The molecule has 1 aromatic carbocycles. The smallest absolute Gasteiger partial charge is 0.434 e. The number of anilines is 1. The fourth-order valence-corrected chi connectivity index (χ4v) is 8.01. The number of halogens is 3. The summed E-state index contributed by atoms with van der Waals surface area (Å²) in [5.74, 6) is -0.440. The fraction of sp³-hybridized carbons (Fsp3) is 0.500. The molecule has 2 N–H and O–H groups in total. The Morgan fingerprint density at radius 1 is 0.983 bits per heavy atom. The van der Waals surface area contributed by atoms with Crippen molar-refractivity contribution in [2.45, 2.75) is 59.4 Å². The Morgan fingerprint density at radius 3 is 2.40 bits per heavy atom. The van der Waals surface area contributed by atoms with Crippen LogP contribution in [0.15, 0.2) is 46.8 Å². The lowest BCUT2D eigenvalue weighted by molar-refractivity contribution is -0.140. The molecule has 3 aromatic heterocycles. The maximum Gasteiger partial charge on any atom is 0.434 e. The highest BCUT2D eigenvalue weighted by Gasteiger charge is 2.34. The molecule has 0 aliphatic carbocycles. The van der Waals surface area contributed by atoms with Crippen LogP contribution in [0.1, 0.15) is 57.1 Å². The SMILES string of the molecule is CCNC(=O)Nc1cc(-c2nc(C(F)(F)F)cs2)c(-c2ccc3c(c2)c(=O)c(C(=O)OCC)cn3C[C@@H]2CCN(CCN3CCN(C(=O)OC(C)(C)C)CC3)C2)cn1. The summed E-state index contributed by atoms with van der Waals surface area (Å²) >= 11 is 0.789. The average molecular weight is 827 g/mol. The number of pyridine rings is 2. The fourth-order valence-electron chi connectivity index (χ4n) is 7.16. The number of nitrogens with one attached hydrogen (secondary N) is 2. The zero-order valence-electron chi connectivity index (χ0n) is 33.3. The van der Waals surface area contributed by atoms with Crippen LogP contribution in [-0.2, 0) is 22.2 Å². The van der Waals surface area contributed by atoms with Gasteiger partial charge in [-0.2, -0.15) is 13.2 Å². The first-order chi connectivity index (χ1) is 27.5. The molecule has 2 fully saturated rings. The van der Waals surface area contributed by atoms with Gasteiger partial charge in [0.05, 0.1) is 12.1 Å². The molecule has 2 aliphatic rings. The van der Waals surface area contributed by atoms with Gasteiger partial charge in [0.1, 0.15) is 22.0 Å². The highest BCUT2D eigenvalue weighted by molar-refractivity contribution is 7.13. The van der Waals surface area contributed by atoms with E-state index in [4.69, 9.17) is 9.47 Å². The average Bonchev–Trinajstić information content (AvgIpc) is 3.85. The molecule has 2 saturated heterocycles. The molecule has 14 nitrogen and oxygen atoms in total. The summed E-state index contributed by atoms with van der Waals surface area (Å²) in [5, 5.41) is 6.36. The van der Waals surface area contributed by atoms with E-state index in [0.29, 0.717) is 42.8 Å². The molecule has 0 unspecified atom stereocenters. The molecule has 58 heavy (non-hydrogen) atoms. The predicted molar refractivity (Wildman–Crippen MR) is 215 cm³/mol. The van der Waals surface area contributed by atoms with Crippen LogP contribution in [-0.4, -0.2) is 118 Å². The van der Waals surface area contributed by atoms with Gasteiger partial charge < -0.3 is 29.2 Å². The van der Waals surface area contributed by atoms with E-state index in [2.05, 4.69) is 30.4 Å². The summed E-state index contributed by atoms with van der Waals surface area (Å²) < 4.78 is 53.6. The Kier molecular flexibility index (Phi) is 13.1. The van der Waals surface area contributed by atoms with Gasteiger partial charge in [-0.15, -0.1) is 11.3 Å². The Morgan fingerprint density at radius 2 is 1.72 bits per heavy atom. The number of nitrogens with zero attached hydrogens (tertiary/aromatic N) is 6. The molecule has 0 radical (unpaired) electrons. The van der Waals surface area contributed by atoms with E-state index in [1.54, 1.807) is 43.1 Å². The molecule has 0 spiro atoms. The maximum absolute atomic E-state index is 14.0. The summed E-state index contributed by atoms with van der Waals surface area (Å²) in [6, 6.07) is 6.02. The van der Waals surface area contributed by atoms with Crippen LogP contribution in [0.25, 0.3) is 32.6 Å². The van der Waals surface area contributed by atoms with Crippen LogP contribution in [0.5, 0.6) is 0 Å². The monoisotopic (exact) mass is 826 g/mol. The van der Waals surface area contributed by atoms with E-state index >= 15 is 0 Å². The van der Waals surface area contributed by atoms with Crippen molar-refractivity contribution in [1.29, 1.82) is 0 Å². The molecule has 0 bridgehead atoms. The number of alkyl halides is 3. The minimum atomic E-state index is -4.67. The van der Waals surface area contributed by atoms with E-state index in [1.165, 1.54) is 12.3 Å². The number of urea groups is 1. The highest BCUT2D eigenvalue weighted by Crippen LogP contribution is 2.39. The third-order valence-corrected chi connectivity index (χ3v) is 10.9. The first-order valence-corrected chi connectivity index (χ1v) is 20.3. The number of ether oxygens (including phenoxy) is 2. The normalized spacial score (nSPS) is 16.8. The van der Waals surface area contributed by atoms with Crippen molar-refractivity contribution in [3.63, 3.8) is 0 Å². The quantitative estimate of drug-likeness (QED) is 0.163. The second-order valence-corrected chi connectivity index (χ2v) is 16.2. The number of hydrogen-bond acceptors (Lipinski definition) is 11. The lowest BCUT2D eigenvalue weighted by Crippen LogP contribution is -2.51. The van der Waals surface area contributed by atoms with Crippen molar-refractivity contribution < 1.29 is 37.0 Å². The van der Waals surface area contributed by atoms with Crippen molar-refractivity contribution in [3.05, 3.63) is 63.5 Å². The molecule has 0 saturated carbocycles. The van der Waals surface area contributed by atoms with Gasteiger partial charge in [0.2, 0.25) is 5.43 Å². The lowest BCUT2D eigenvalue weighted by Gasteiger charge is -2.36. The van der Waals surface area contributed by atoms with Gasteiger partial charge in [0, 0.05) is 93.2 Å². The Labute approximate surface area is 338 Å². The number of benzene rings is 1. The zero-order chi connectivity index (χ0) is 41.8. The molecule has 3 amide bonds. The van der Waals surface area contributed by atoms with Crippen LogP contribution in [0.2, 0.25) is 0 Å². The number of amides is 3. The molecular weight excluding hydrogens is 778 g/mol. The number of carbonyl (C=O) groups excluding carboxylic acids is 3. The second-order valence-electron chi connectivity index (χ2n) is 15.4. The number of carbonyl (C=O) groups is 3. The maximum atomic E-state index is 14.0. The minimum Gasteiger partial charge on any atom is -0.462 e. The van der Waals surface area contributed by atoms with Crippen molar-refractivity contribution in [2.24, 2.45) is 5.92 Å². The molecule has 5 heterocycles. The Balaban J connectivity index is 1.24. The summed E-state index contributed by atoms with van der Waals surface area (Å²) in [6.45, 7) is 16.1. The number of aromatic nitrogens is 3. The first kappa shape index (κ1) is 42.5. The van der Waals surface area contributed by atoms with E-state index in [-0.39, 0.29) is 46.0 Å². The van der Waals surface area contributed by atoms with Crippen LogP contribution >= 0.6 is 11.3 Å². The Bertz CT molecular complexity index is 2200. The summed E-state index contributed by atoms with van der Waals surface area (Å²) in [4.78, 5) is 66.6. The third kappa shape index (κ3) is 10.3. The van der Waals surface area contributed by atoms with Gasteiger partial charge in [-0.3, -0.25) is 15.0 Å². The van der Waals surface area contributed by atoms with Crippen molar-refractivity contribution >= 4 is 46.2 Å². The number of likely N-dealkylation sites (tertiary alicyclic amines) is 1. The van der Waals surface area contributed by atoms with Crippen LogP contribution < -0.4 is 16.1 Å². The van der Waals surface area contributed by atoms with Crippen LogP contribution in [0.3, 0.4) is 0 Å². The molecule has 6 rings (SSSR count). The number of fused-ring (bicyclic) bond motifs is 1. The number of piperazine rings is 1. The standard InChI is InChI=1S/C40H49F3N8O6S/c1-6-44-37(54)47-33-19-27(35-46-32(24-58-35)40(41,42)43)29(20-45-33)26-8-9-31-28(18-26)34(52)30(36(53)56-7-2)23-51(31)22-25-10-11-49(21-25)13-12-48-14-16-50(17-15-48)38(55)57-39(3,4)5/h8-9,18-20,23-25H,6-7,10-17,21-22H2,1-5H3,(H2,44,45,47,54)/t25-/m1/s1. The molecule has 4 aromatic rings. The van der Waals surface area contributed by atoms with Crippen molar-refractivity contribution in [2.75, 3.05) is 70.8 Å². The second kappa shape index (κ2) is 17.8. The van der Waals surface area contributed by atoms with E-state index in [1.807, 2.05) is 25.3 Å². The van der Waals surface area contributed by atoms with E-state index in [9.17, 15) is 32.3 Å². The number of thiazole rings is 1. The molecule has 18 heteroatoms. The van der Waals surface area contributed by atoms with E-state index in [0.717, 1.165) is 62.4 Å². The van der Waals surface area contributed by atoms with Crippen LogP contribution in [0.4, 0.5) is 28.6 Å². The molecule has 312 valence electrons. The van der Waals surface area contributed by atoms with Gasteiger partial charge in [0.25, 0.3) is 0 Å². The molecular formula is C40H49F3N8O6S. The summed E-state index contributed by atoms with van der Waals surface area (Å²) in [6.07, 6.45) is -1.08. The highest BCUT2D eigenvalue weighted by atomic mass is 32.1. The topological polar surface area (TPSA) is 151 Å². The number of esters is 1. The van der Waals surface area contributed by atoms with Crippen molar-refractivity contribution in [3.8, 4) is 21.7 Å². The summed E-state index contributed by atoms with van der Waals surface area (Å²) in [5.41, 5.74) is -0.585. The molecule has 1 atom stereocenters. The zero-order valence-corrected chi connectivity index (χ0v) is 34.1. The summed E-state index contributed by atoms with van der Waals surface area (Å²) in [7, 11) is 0. The predicted octanol–water partition coefficient (Wildman–Crippen LogP) is 6.40. The van der Waals surface area contributed by atoms with Gasteiger partial charge in [0.15, 0.2) is 5.69 Å². The number of hydrogen-bond donors (Lipinski definition) is 2. The van der Waals surface area contributed by atoms with Gasteiger partial charge in [-0.25, -0.2) is 24.4 Å². The van der Waals surface area contributed by atoms with Gasteiger partial charge in [-0.1, -0.05) is 6.07 Å². The Hall–Kier alpha value is -5.07. The first-order valence-electron chi connectivity index (χ1n) is 19.4. The van der Waals surface area contributed by atoms with Gasteiger partial charge >= 0.3 is 24.3 Å². The third-order valence-electron chi connectivity index (χ3n) is 9.98.